The first-order chi connectivity index (χ1) is 9.68. The lowest BCUT2D eigenvalue weighted by Gasteiger charge is -2.24. The zero-order valence-electron chi connectivity index (χ0n) is 11.8. The second-order valence-electron chi connectivity index (χ2n) is 5.64. The third-order valence-corrected chi connectivity index (χ3v) is 3.95. The Hall–Kier alpha value is -2.15. The zero-order valence-corrected chi connectivity index (χ0v) is 11.8. The predicted octanol–water partition coefficient (Wildman–Crippen LogP) is 4.79. The monoisotopic (exact) mass is 262 g/mol. The van der Waals surface area contributed by atoms with Crippen LogP contribution in [0.4, 0.5) is 0 Å². The SMILES string of the molecule is CC(C)C1C(=O)c2ccccc2/C=C\c2ccccc21. The Kier molecular flexibility index (Phi) is 3.27. The van der Waals surface area contributed by atoms with Crippen molar-refractivity contribution in [2.45, 2.75) is 19.8 Å². The largest absolute Gasteiger partial charge is 0.293 e. The van der Waals surface area contributed by atoms with Crippen molar-refractivity contribution in [2.75, 3.05) is 0 Å². The van der Waals surface area contributed by atoms with Gasteiger partial charge >= 0.3 is 0 Å². The Morgan fingerprint density at radius 3 is 2.20 bits per heavy atom. The summed E-state index contributed by atoms with van der Waals surface area (Å²) in [6.45, 7) is 4.24. The fourth-order valence-corrected chi connectivity index (χ4v) is 2.96. The molecule has 0 saturated heterocycles. The summed E-state index contributed by atoms with van der Waals surface area (Å²) in [5.41, 5.74) is 4.13. The van der Waals surface area contributed by atoms with Gasteiger partial charge in [-0.05, 0) is 22.6 Å². The second-order valence-corrected chi connectivity index (χ2v) is 5.64. The average Bonchev–Trinajstić information content (AvgIpc) is 2.45. The standard InChI is InChI=1S/C19H18O/c1-13(2)18-16-9-5-3-7-14(16)11-12-15-8-4-6-10-17(15)19(18)20/h3-13,18H,1-2H3/b12-11-. The van der Waals surface area contributed by atoms with Crippen LogP contribution in [0, 0.1) is 5.92 Å². The topological polar surface area (TPSA) is 17.1 Å². The van der Waals surface area contributed by atoms with Crippen LogP contribution in [-0.2, 0) is 0 Å². The van der Waals surface area contributed by atoms with Crippen LogP contribution in [0.5, 0.6) is 0 Å². The molecule has 0 amide bonds. The van der Waals surface area contributed by atoms with Gasteiger partial charge in [0.05, 0.1) is 5.92 Å². The van der Waals surface area contributed by atoms with E-state index >= 15 is 0 Å². The number of rotatable bonds is 1. The van der Waals surface area contributed by atoms with E-state index in [4.69, 9.17) is 0 Å². The van der Waals surface area contributed by atoms with E-state index < -0.39 is 0 Å². The number of benzene rings is 2. The van der Waals surface area contributed by atoms with Gasteiger partial charge < -0.3 is 0 Å². The molecule has 0 bridgehead atoms. The third-order valence-electron chi connectivity index (χ3n) is 3.95. The van der Waals surface area contributed by atoms with E-state index in [-0.39, 0.29) is 17.6 Å². The van der Waals surface area contributed by atoms with Crippen LogP contribution in [-0.4, -0.2) is 5.78 Å². The van der Waals surface area contributed by atoms with Gasteiger partial charge in [0.25, 0.3) is 0 Å². The highest BCUT2D eigenvalue weighted by Crippen LogP contribution is 2.34. The normalized spacial score (nSPS) is 18.9. The Morgan fingerprint density at radius 2 is 1.45 bits per heavy atom. The molecule has 0 aromatic heterocycles. The van der Waals surface area contributed by atoms with E-state index in [1.54, 1.807) is 0 Å². The van der Waals surface area contributed by atoms with Gasteiger partial charge in [0.15, 0.2) is 5.78 Å². The van der Waals surface area contributed by atoms with Crippen LogP contribution in [0.2, 0.25) is 0 Å². The molecule has 0 radical (unpaired) electrons. The van der Waals surface area contributed by atoms with E-state index in [9.17, 15) is 4.79 Å². The molecule has 1 atom stereocenters. The third kappa shape index (κ3) is 2.09. The predicted molar refractivity (Wildman–Crippen MR) is 83.7 cm³/mol. The summed E-state index contributed by atoms with van der Waals surface area (Å²) >= 11 is 0. The summed E-state index contributed by atoms with van der Waals surface area (Å²) < 4.78 is 0. The number of carbonyl (C=O) groups excluding carboxylic acids is 1. The minimum absolute atomic E-state index is 0.0719. The molecular formula is C19H18O. The van der Waals surface area contributed by atoms with E-state index in [2.05, 4.69) is 32.1 Å². The number of hydrogen-bond acceptors (Lipinski definition) is 1. The maximum Gasteiger partial charge on any atom is 0.171 e. The molecular weight excluding hydrogens is 244 g/mol. The molecule has 0 aliphatic heterocycles. The molecule has 0 heterocycles. The number of fused-ring (bicyclic) bond motifs is 2. The van der Waals surface area contributed by atoms with Gasteiger partial charge in [0.2, 0.25) is 0 Å². The maximum absolute atomic E-state index is 13.0. The van der Waals surface area contributed by atoms with Crippen molar-refractivity contribution in [1.29, 1.82) is 0 Å². The summed E-state index contributed by atoms with van der Waals surface area (Å²) in [5, 5.41) is 0. The molecule has 20 heavy (non-hydrogen) atoms. The molecule has 100 valence electrons. The minimum Gasteiger partial charge on any atom is -0.293 e. The maximum atomic E-state index is 13.0. The van der Waals surface area contributed by atoms with Crippen molar-refractivity contribution in [3.05, 3.63) is 70.8 Å². The molecule has 0 saturated carbocycles. The second kappa shape index (κ2) is 5.09. The molecule has 3 rings (SSSR count). The quantitative estimate of drug-likeness (QED) is 0.722. The summed E-state index contributed by atoms with van der Waals surface area (Å²) in [5.74, 6) is 0.438. The fourth-order valence-electron chi connectivity index (χ4n) is 2.96. The first-order valence-corrected chi connectivity index (χ1v) is 7.08. The number of hydrogen-bond donors (Lipinski definition) is 0. The Bertz CT molecular complexity index is 680. The van der Waals surface area contributed by atoms with Gasteiger partial charge in [-0.3, -0.25) is 4.79 Å². The van der Waals surface area contributed by atoms with Gasteiger partial charge in [-0.25, -0.2) is 0 Å². The molecule has 2 aromatic carbocycles. The first-order valence-electron chi connectivity index (χ1n) is 7.08. The smallest absolute Gasteiger partial charge is 0.171 e. The van der Waals surface area contributed by atoms with Crippen molar-refractivity contribution < 1.29 is 4.79 Å². The first kappa shape index (κ1) is 12.9. The van der Waals surface area contributed by atoms with Crippen LogP contribution >= 0.6 is 0 Å². The molecule has 1 aliphatic carbocycles. The van der Waals surface area contributed by atoms with Gasteiger partial charge in [-0.1, -0.05) is 74.5 Å². The molecule has 1 heteroatoms. The van der Waals surface area contributed by atoms with Crippen LogP contribution in [0.25, 0.3) is 12.2 Å². The molecule has 1 unspecified atom stereocenters. The van der Waals surface area contributed by atoms with Crippen molar-refractivity contribution in [3.63, 3.8) is 0 Å². The van der Waals surface area contributed by atoms with Gasteiger partial charge in [-0.15, -0.1) is 0 Å². The van der Waals surface area contributed by atoms with Crippen molar-refractivity contribution in [1.82, 2.24) is 0 Å². The summed E-state index contributed by atoms with van der Waals surface area (Å²) in [6.07, 6.45) is 4.17. The van der Waals surface area contributed by atoms with Crippen LogP contribution in [0.1, 0.15) is 46.8 Å². The van der Waals surface area contributed by atoms with E-state index in [1.165, 1.54) is 0 Å². The van der Waals surface area contributed by atoms with Crippen LogP contribution in [0.3, 0.4) is 0 Å². The zero-order chi connectivity index (χ0) is 14.1. The highest BCUT2D eigenvalue weighted by molar-refractivity contribution is 6.06. The molecule has 0 N–H and O–H groups in total. The van der Waals surface area contributed by atoms with Crippen LogP contribution < -0.4 is 0 Å². The Labute approximate surface area is 120 Å². The van der Waals surface area contributed by atoms with Gasteiger partial charge in [-0.2, -0.15) is 0 Å². The van der Waals surface area contributed by atoms with Crippen molar-refractivity contribution >= 4 is 17.9 Å². The van der Waals surface area contributed by atoms with E-state index in [0.717, 1.165) is 22.3 Å². The molecule has 2 aromatic rings. The van der Waals surface area contributed by atoms with Crippen molar-refractivity contribution in [3.8, 4) is 0 Å². The Balaban J connectivity index is 2.27. The summed E-state index contributed by atoms with van der Waals surface area (Å²) in [7, 11) is 0. The fraction of sp³-hybridized carbons (Fsp3) is 0.211. The van der Waals surface area contributed by atoms with E-state index in [0.29, 0.717) is 0 Å². The van der Waals surface area contributed by atoms with Crippen LogP contribution in [0.15, 0.2) is 48.5 Å². The molecule has 0 fully saturated rings. The number of ketones is 1. The lowest BCUT2D eigenvalue weighted by Crippen LogP contribution is -2.21. The average molecular weight is 262 g/mol. The lowest BCUT2D eigenvalue weighted by atomic mass is 9.78. The highest BCUT2D eigenvalue weighted by atomic mass is 16.1. The lowest BCUT2D eigenvalue weighted by molar-refractivity contribution is 0.0937. The number of Topliss-reactive ketones (excluding diaryl/α,β-unsaturated/α-hetero) is 1. The summed E-state index contributed by atoms with van der Waals surface area (Å²) in [4.78, 5) is 13.0. The minimum atomic E-state index is -0.0719. The Morgan fingerprint density at radius 1 is 0.850 bits per heavy atom. The highest BCUT2D eigenvalue weighted by Gasteiger charge is 2.28. The van der Waals surface area contributed by atoms with E-state index in [1.807, 2.05) is 42.5 Å². The number of carbonyl (C=O) groups is 1. The molecule has 1 aliphatic rings. The summed E-state index contributed by atoms with van der Waals surface area (Å²) in [6, 6.07) is 16.1. The van der Waals surface area contributed by atoms with Gasteiger partial charge in [0.1, 0.15) is 0 Å². The van der Waals surface area contributed by atoms with Crippen molar-refractivity contribution in [2.24, 2.45) is 5.92 Å². The molecule has 0 spiro atoms. The molecule has 1 nitrogen and oxygen atoms in total. The van der Waals surface area contributed by atoms with Gasteiger partial charge in [0, 0.05) is 5.56 Å².